The second-order valence-electron chi connectivity index (χ2n) is 4.64. The topological polar surface area (TPSA) is 99.2 Å². The van der Waals surface area contributed by atoms with Gasteiger partial charge in [0, 0.05) is 27.1 Å². The summed E-state index contributed by atoms with van der Waals surface area (Å²) < 4.78 is 12.9. The molecule has 118 valence electrons. The summed E-state index contributed by atoms with van der Waals surface area (Å²) in [5, 5.41) is 11.5. The van der Waals surface area contributed by atoms with Gasteiger partial charge in [-0.1, -0.05) is 11.6 Å². The molecule has 0 saturated carbocycles. The fourth-order valence-corrected chi connectivity index (χ4v) is 1.86. The zero-order valence-corrected chi connectivity index (χ0v) is 12.0. The van der Waals surface area contributed by atoms with E-state index in [9.17, 15) is 18.8 Å². The summed E-state index contributed by atoms with van der Waals surface area (Å²) in [5.41, 5.74) is 0.974. The van der Waals surface area contributed by atoms with Gasteiger partial charge in [-0.05, 0) is 6.92 Å². The molecule has 2 heterocycles. The first-order chi connectivity index (χ1) is 9.76. The lowest BCUT2D eigenvalue weighted by molar-refractivity contribution is -0.219. The first-order valence-corrected chi connectivity index (χ1v) is 6.23. The molecule has 0 spiro atoms. The van der Waals surface area contributed by atoms with Gasteiger partial charge < -0.3 is 15.3 Å². The van der Waals surface area contributed by atoms with Gasteiger partial charge in [-0.15, -0.1) is 0 Å². The SMILES string of the molecule is CC1=CC2CN(C1)C(=O)N2OC(F)C(=O)O.CNC(C)=O. The Labute approximate surface area is 121 Å². The van der Waals surface area contributed by atoms with E-state index < -0.39 is 24.4 Å². The average Bonchev–Trinajstić information content (AvgIpc) is 2.63. The van der Waals surface area contributed by atoms with E-state index in [1.54, 1.807) is 13.1 Å². The monoisotopic (exact) mass is 303 g/mol. The minimum absolute atomic E-state index is 0.00463. The molecule has 8 nitrogen and oxygen atoms in total. The second-order valence-corrected chi connectivity index (χ2v) is 4.64. The first-order valence-electron chi connectivity index (χ1n) is 6.23. The highest BCUT2D eigenvalue weighted by Crippen LogP contribution is 2.25. The number of carboxylic acid groups (broad SMARTS) is 1. The van der Waals surface area contributed by atoms with Crippen LogP contribution in [-0.4, -0.2) is 65.5 Å². The van der Waals surface area contributed by atoms with Crippen molar-refractivity contribution in [1.82, 2.24) is 15.3 Å². The van der Waals surface area contributed by atoms with Gasteiger partial charge in [0.2, 0.25) is 5.91 Å². The van der Waals surface area contributed by atoms with Crippen molar-refractivity contribution >= 4 is 17.9 Å². The smallest absolute Gasteiger partial charge is 0.368 e. The van der Waals surface area contributed by atoms with Crippen LogP contribution in [0.15, 0.2) is 11.6 Å². The van der Waals surface area contributed by atoms with E-state index in [-0.39, 0.29) is 5.91 Å². The Bertz CT molecular complexity index is 468. The summed E-state index contributed by atoms with van der Waals surface area (Å²) in [6.07, 6.45) is -0.742. The molecule has 9 heteroatoms. The number of carboxylic acids is 1. The number of rotatable bonds is 3. The van der Waals surface area contributed by atoms with Gasteiger partial charge in [-0.2, -0.15) is 5.06 Å². The van der Waals surface area contributed by atoms with E-state index >= 15 is 0 Å². The largest absolute Gasteiger partial charge is 0.477 e. The van der Waals surface area contributed by atoms with Crippen molar-refractivity contribution in [3.8, 4) is 0 Å². The molecule has 2 aliphatic rings. The molecule has 1 saturated heterocycles. The van der Waals surface area contributed by atoms with Crippen molar-refractivity contribution in [2.75, 3.05) is 20.1 Å². The molecule has 0 aromatic rings. The zero-order chi connectivity index (χ0) is 16.2. The lowest BCUT2D eigenvalue weighted by Crippen LogP contribution is -2.38. The van der Waals surface area contributed by atoms with Crippen LogP contribution in [0.3, 0.4) is 0 Å². The molecule has 2 unspecified atom stereocenters. The predicted octanol–water partition coefficient (Wildman–Crippen LogP) is 0.117. The zero-order valence-electron chi connectivity index (χ0n) is 12.0. The van der Waals surface area contributed by atoms with Crippen LogP contribution in [0.4, 0.5) is 9.18 Å². The van der Waals surface area contributed by atoms with E-state index in [0.29, 0.717) is 13.1 Å². The van der Waals surface area contributed by atoms with E-state index in [1.807, 2.05) is 6.92 Å². The van der Waals surface area contributed by atoms with Gasteiger partial charge in [-0.3, -0.25) is 4.79 Å². The maximum Gasteiger partial charge on any atom is 0.368 e. The van der Waals surface area contributed by atoms with Crippen molar-refractivity contribution in [3.05, 3.63) is 11.6 Å². The number of amides is 3. The van der Waals surface area contributed by atoms with Crippen LogP contribution in [-0.2, 0) is 14.4 Å². The van der Waals surface area contributed by atoms with Crippen LogP contribution < -0.4 is 5.32 Å². The Morgan fingerprint density at radius 3 is 2.62 bits per heavy atom. The van der Waals surface area contributed by atoms with Gasteiger partial charge in [0.15, 0.2) is 0 Å². The summed E-state index contributed by atoms with van der Waals surface area (Å²) >= 11 is 0. The summed E-state index contributed by atoms with van der Waals surface area (Å²) in [7, 11) is 1.60. The number of nitrogens with zero attached hydrogens (tertiary/aromatic N) is 2. The molecule has 2 rings (SSSR count). The summed E-state index contributed by atoms with van der Waals surface area (Å²) in [6.45, 7) is 4.20. The highest BCUT2D eigenvalue weighted by atomic mass is 19.1. The van der Waals surface area contributed by atoms with Gasteiger partial charge in [0.1, 0.15) is 0 Å². The highest BCUT2D eigenvalue weighted by molar-refractivity contribution is 5.78. The van der Waals surface area contributed by atoms with Gasteiger partial charge in [0.05, 0.1) is 6.04 Å². The van der Waals surface area contributed by atoms with E-state index in [0.717, 1.165) is 10.6 Å². The molecule has 2 bridgehead atoms. The summed E-state index contributed by atoms with van der Waals surface area (Å²) in [4.78, 5) is 37.6. The molecule has 0 aromatic carbocycles. The van der Waals surface area contributed by atoms with Crippen molar-refractivity contribution in [2.24, 2.45) is 0 Å². The molecule has 21 heavy (non-hydrogen) atoms. The molecule has 2 atom stereocenters. The molecule has 0 aromatic heterocycles. The van der Waals surface area contributed by atoms with Crippen molar-refractivity contribution in [2.45, 2.75) is 26.2 Å². The summed E-state index contributed by atoms with van der Waals surface area (Å²) in [5.74, 6) is -1.74. The molecular weight excluding hydrogens is 285 g/mol. The van der Waals surface area contributed by atoms with Crippen LogP contribution in [0.25, 0.3) is 0 Å². The molecule has 2 N–H and O–H groups in total. The predicted molar refractivity (Wildman–Crippen MR) is 69.7 cm³/mol. The first kappa shape index (κ1) is 16.9. The third kappa shape index (κ3) is 4.42. The number of hydrogen-bond acceptors (Lipinski definition) is 4. The lowest BCUT2D eigenvalue weighted by Gasteiger charge is -2.20. The number of nitrogens with one attached hydrogen (secondary N) is 1. The van der Waals surface area contributed by atoms with Crippen LogP contribution >= 0.6 is 0 Å². The van der Waals surface area contributed by atoms with Gasteiger partial charge >= 0.3 is 18.4 Å². The summed E-state index contributed by atoms with van der Waals surface area (Å²) in [6, 6.07) is -0.902. The maximum atomic E-state index is 12.9. The van der Waals surface area contributed by atoms with Crippen LogP contribution in [0.2, 0.25) is 0 Å². The Hall–Kier alpha value is -2.16. The molecule has 0 aliphatic carbocycles. The van der Waals surface area contributed by atoms with Gasteiger partial charge in [0.25, 0.3) is 0 Å². The third-order valence-corrected chi connectivity index (χ3v) is 2.84. The Morgan fingerprint density at radius 2 is 2.14 bits per heavy atom. The minimum atomic E-state index is -2.52. The minimum Gasteiger partial charge on any atom is -0.477 e. The number of aliphatic carboxylic acids is 1. The molecular formula is C12H18FN3O5. The number of carbonyl (C=O) groups is 3. The number of halogens is 1. The average molecular weight is 303 g/mol. The van der Waals surface area contributed by atoms with Crippen LogP contribution in [0.5, 0.6) is 0 Å². The molecule has 3 amide bonds. The number of alkyl halides is 1. The normalized spacial score (nSPS) is 21.2. The Morgan fingerprint density at radius 1 is 1.57 bits per heavy atom. The number of hydrogen-bond donors (Lipinski definition) is 2. The highest BCUT2D eigenvalue weighted by Gasteiger charge is 2.42. The van der Waals surface area contributed by atoms with Gasteiger partial charge in [-0.25, -0.2) is 18.8 Å². The molecule has 1 fully saturated rings. The Kier molecular flexibility index (Phi) is 5.65. The van der Waals surface area contributed by atoms with Crippen molar-refractivity contribution < 1.29 is 28.7 Å². The maximum absolute atomic E-state index is 12.9. The number of hydroxylamine groups is 2. The lowest BCUT2D eigenvalue weighted by atomic mass is 10.1. The fourth-order valence-electron chi connectivity index (χ4n) is 1.86. The second kappa shape index (κ2) is 7.02. The standard InChI is InChI=1S/C9H11FN2O4.C3H7NO/c1-5-2-6-4-11(3-5)9(15)12(6)16-7(10)8(13)14;1-3(5)4-2/h2,6-7H,3-4H2,1H3,(H,13,14);1-2H3,(H,4,5). The fraction of sp³-hybridized carbons (Fsp3) is 0.583. The number of urea groups is 1. The number of carbonyl (C=O) groups excluding carboxylic acids is 2. The van der Waals surface area contributed by atoms with Crippen LogP contribution in [0, 0.1) is 0 Å². The van der Waals surface area contributed by atoms with E-state index in [4.69, 9.17) is 5.11 Å². The van der Waals surface area contributed by atoms with Crippen molar-refractivity contribution in [3.63, 3.8) is 0 Å². The number of fused-ring (bicyclic) bond motifs is 2. The quantitative estimate of drug-likeness (QED) is 0.721. The Balaban J connectivity index is 0.000000383. The molecule has 0 radical (unpaired) electrons. The van der Waals surface area contributed by atoms with Crippen molar-refractivity contribution in [1.29, 1.82) is 0 Å². The molecule has 2 aliphatic heterocycles. The third-order valence-electron chi connectivity index (χ3n) is 2.84. The van der Waals surface area contributed by atoms with E-state index in [2.05, 4.69) is 10.2 Å². The van der Waals surface area contributed by atoms with Crippen LogP contribution in [0.1, 0.15) is 13.8 Å². The van der Waals surface area contributed by atoms with E-state index in [1.165, 1.54) is 11.8 Å².